The molecule has 3 saturated heterocycles. The van der Waals surface area contributed by atoms with Crippen LogP contribution in [0.3, 0.4) is 0 Å². The van der Waals surface area contributed by atoms with Gasteiger partial charge in [-0.2, -0.15) is 0 Å². The fraction of sp³-hybridized carbons (Fsp3) is 0.969. The number of hydrogen-bond donors (Lipinski definition) is 12. The van der Waals surface area contributed by atoms with Gasteiger partial charge in [-0.25, -0.2) is 0 Å². The van der Waals surface area contributed by atoms with Gasteiger partial charge >= 0.3 is 0 Å². The van der Waals surface area contributed by atoms with Gasteiger partial charge < -0.3 is 89.9 Å². The molecule has 3 aliphatic rings. The largest absolute Gasteiger partial charge is 0.394 e. The van der Waals surface area contributed by atoms with E-state index in [1.54, 1.807) is 6.08 Å². The Bertz CT molecular complexity index is 2110. The Kier molecular flexibility index (Phi) is 71.4. The molecule has 17 unspecified atom stereocenters. The number of aliphatic hydroxyl groups excluding tert-OH is 11. The van der Waals surface area contributed by atoms with E-state index in [1.165, 1.54) is 392 Å². The number of aliphatic hydroxyl groups is 11. The van der Waals surface area contributed by atoms with Crippen LogP contribution in [0.2, 0.25) is 0 Å². The van der Waals surface area contributed by atoms with Crippen LogP contribution < -0.4 is 5.32 Å². The van der Waals surface area contributed by atoms with Gasteiger partial charge in [0.2, 0.25) is 5.91 Å². The number of rotatable bonds is 83. The minimum absolute atomic E-state index is 0.251. The zero-order chi connectivity index (χ0) is 83.1. The fourth-order valence-corrected chi connectivity index (χ4v) is 17.3. The second-order valence-electron chi connectivity index (χ2n) is 35.6. The first kappa shape index (κ1) is 108. The summed E-state index contributed by atoms with van der Waals surface area (Å²) >= 11 is 0. The Morgan fingerprint density at radius 1 is 0.304 bits per heavy atom. The monoisotopic (exact) mass is 1640 g/mol. The van der Waals surface area contributed by atoms with Gasteiger partial charge in [-0.1, -0.05) is 450 Å². The van der Waals surface area contributed by atoms with E-state index in [4.69, 9.17) is 28.4 Å². The molecule has 115 heavy (non-hydrogen) atoms. The van der Waals surface area contributed by atoms with Crippen LogP contribution in [0.5, 0.6) is 0 Å². The first-order chi connectivity index (χ1) is 56.3. The number of carbonyl (C=O) groups is 1. The maximum absolute atomic E-state index is 13.6. The van der Waals surface area contributed by atoms with Crippen LogP contribution in [0.25, 0.3) is 0 Å². The highest BCUT2D eigenvalue weighted by atomic mass is 16.8. The van der Waals surface area contributed by atoms with Crippen LogP contribution in [-0.4, -0.2) is 193 Å². The highest BCUT2D eigenvalue weighted by molar-refractivity contribution is 5.76. The fourth-order valence-electron chi connectivity index (χ4n) is 17.3. The summed E-state index contributed by atoms with van der Waals surface area (Å²) in [5.41, 5.74) is 0. The predicted octanol–water partition coefficient (Wildman–Crippen LogP) is 20.2. The highest BCUT2D eigenvalue weighted by Crippen LogP contribution is 2.34. The average Bonchev–Trinajstić information content (AvgIpc) is 0.777. The van der Waals surface area contributed by atoms with E-state index in [-0.39, 0.29) is 18.9 Å². The number of allylic oxidation sites excluding steroid dienone is 1. The summed E-state index contributed by atoms with van der Waals surface area (Å²) in [6.45, 7) is 1.83. The third-order valence-electron chi connectivity index (χ3n) is 25.1. The quantitative estimate of drug-likeness (QED) is 0.0199. The minimum atomic E-state index is -1.98. The molecule has 0 aromatic carbocycles. The molecule has 1 amide bonds. The Balaban J connectivity index is 1.29. The summed E-state index contributed by atoms with van der Waals surface area (Å²) in [6, 6.07) is -0.972. The van der Waals surface area contributed by atoms with Crippen molar-refractivity contribution in [3.63, 3.8) is 0 Å². The van der Waals surface area contributed by atoms with Crippen LogP contribution in [-0.2, 0) is 33.2 Å². The first-order valence-electron chi connectivity index (χ1n) is 49.4. The molecule has 0 bridgehead atoms. The van der Waals surface area contributed by atoms with Gasteiger partial charge in [0.15, 0.2) is 18.9 Å². The zero-order valence-corrected chi connectivity index (χ0v) is 74.1. The Labute approximate surface area is 703 Å². The van der Waals surface area contributed by atoms with E-state index in [0.29, 0.717) is 6.42 Å². The summed E-state index contributed by atoms with van der Waals surface area (Å²) in [6.07, 6.45) is 69.7. The van der Waals surface area contributed by atoms with Gasteiger partial charge in [-0.05, 0) is 19.3 Å². The van der Waals surface area contributed by atoms with Crippen LogP contribution in [0.1, 0.15) is 463 Å². The Morgan fingerprint density at radius 3 is 0.817 bits per heavy atom. The van der Waals surface area contributed by atoms with Gasteiger partial charge in [0, 0.05) is 6.42 Å². The van der Waals surface area contributed by atoms with Gasteiger partial charge in [-0.3, -0.25) is 4.79 Å². The molecule has 682 valence electrons. The van der Waals surface area contributed by atoms with E-state index in [2.05, 4.69) is 19.2 Å². The van der Waals surface area contributed by atoms with Crippen molar-refractivity contribution < 1.29 is 89.4 Å². The van der Waals surface area contributed by atoms with Crippen molar-refractivity contribution in [1.29, 1.82) is 0 Å². The summed E-state index contributed by atoms with van der Waals surface area (Å²) in [5, 5.41) is 121. The number of nitrogens with one attached hydrogen (secondary N) is 1. The number of ether oxygens (including phenoxy) is 6. The van der Waals surface area contributed by atoms with E-state index >= 15 is 0 Å². The van der Waals surface area contributed by atoms with E-state index in [0.717, 1.165) is 44.9 Å². The second-order valence-corrected chi connectivity index (χ2v) is 35.6. The third-order valence-corrected chi connectivity index (χ3v) is 25.1. The second kappa shape index (κ2) is 76.2. The average molecular weight is 1640 g/mol. The molecule has 3 aliphatic heterocycles. The zero-order valence-electron chi connectivity index (χ0n) is 74.1. The maximum atomic E-state index is 13.6. The number of hydrogen-bond acceptors (Lipinski definition) is 18. The molecule has 17 atom stereocenters. The molecule has 0 aromatic heterocycles. The smallest absolute Gasteiger partial charge is 0.220 e. The first-order valence-corrected chi connectivity index (χ1v) is 49.4. The lowest BCUT2D eigenvalue weighted by molar-refractivity contribution is -0.379. The van der Waals surface area contributed by atoms with E-state index in [9.17, 15) is 61.0 Å². The van der Waals surface area contributed by atoms with Crippen LogP contribution in [0, 0.1) is 0 Å². The molecule has 19 heteroatoms. The number of carbonyl (C=O) groups excluding carboxylic acids is 1. The third kappa shape index (κ3) is 54.0. The van der Waals surface area contributed by atoms with Crippen molar-refractivity contribution in [1.82, 2.24) is 5.32 Å². The van der Waals surface area contributed by atoms with Gasteiger partial charge in [-0.15, -0.1) is 0 Å². The van der Waals surface area contributed by atoms with Crippen LogP contribution in [0.15, 0.2) is 12.2 Å². The molecule has 0 aliphatic carbocycles. The minimum Gasteiger partial charge on any atom is -0.394 e. The number of unbranched alkanes of at least 4 members (excludes halogenated alkanes) is 67. The highest BCUT2D eigenvalue weighted by Gasteiger charge is 2.54. The van der Waals surface area contributed by atoms with Crippen molar-refractivity contribution in [3.05, 3.63) is 12.2 Å². The topological polar surface area (TPSA) is 307 Å². The molecule has 3 rings (SSSR count). The van der Waals surface area contributed by atoms with E-state index in [1.807, 2.05) is 6.08 Å². The summed E-state index contributed by atoms with van der Waals surface area (Å²) in [5.74, 6) is -0.263. The molecule has 0 spiro atoms. The van der Waals surface area contributed by atoms with Crippen molar-refractivity contribution in [2.75, 3.05) is 26.4 Å². The Morgan fingerprint density at radius 2 is 0.539 bits per heavy atom. The van der Waals surface area contributed by atoms with E-state index < -0.39 is 124 Å². The predicted molar refractivity (Wildman–Crippen MR) is 467 cm³/mol. The van der Waals surface area contributed by atoms with Gasteiger partial charge in [0.05, 0.1) is 38.6 Å². The molecule has 0 radical (unpaired) electrons. The van der Waals surface area contributed by atoms with Gasteiger partial charge in [0.1, 0.15) is 73.2 Å². The molecule has 0 aromatic rings. The van der Waals surface area contributed by atoms with Crippen molar-refractivity contribution in [3.8, 4) is 0 Å². The molecule has 3 fully saturated rings. The Hall–Kier alpha value is -1.47. The van der Waals surface area contributed by atoms with Crippen molar-refractivity contribution in [2.24, 2.45) is 0 Å². The summed E-state index contributed by atoms with van der Waals surface area (Å²) in [4.78, 5) is 13.6. The molecule has 19 nitrogen and oxygen atoms in total. The van der Waals surface area contributed by atoms with Crippen molar-refractivity contribution in [2.45, 2.75) is 568 Å². The molecular formula is C96H185NO18. The summed E-state index contributed by atoms with van der Waals surface area (Å²) in [7, 11) is 0. The van der Waals surface area contributed by atoms with Crippen LogP contribution in [0.4, 0.5) is 0 Å². The number of amides is 1. The molecular weight excluding hydrogens is 1460 g/mol. The van der Waals surface area contributed by atoms with Crippen molar-refractivity contribution >= 4 is 5.91 Å². The molecule has 12 N–H and O–H groups in total. The molecule has 3 heterocycles. The molecule has 0 saturated carbocycles. The van der Waals surface area contributed by atoms with Gasteiger partial charge in [0.25, 0.3) is 0 Å². The SMILES string of the molecule is CCCCCCCCCCCCCCCCCCCCCCCCCCCCCCCC/C=C/C(O)C(COC1OC(CO)C(OC2OC(CO)C(OC3OC(CO)C(O)C(O)C3O)C(O)C2O)C(O)C1O)NC(=O)CCCCCCCCCCCCCCCCCCCCCCCCCCCCCCCCCCCCCCCC. The normalized spacial score (nSPS) is 24.5. The lowest BCUT2D eigenvalue weighted by atomic mass is 9.96. The lowest BCUT2D eigenvalue weighted by Crippen LogP contribution is -2.66. The standard InChI is InChI=1S/C96H185NO18/c1-3-5-7-9-11-13-15-17-19-21-23-25-27-29-31-33-35-37-38-39-40-41-42-44-46-48-50-52-54-56-58-60-62-64-66-68-70-72-74-84(102)97-79(80(101)73-71-69-67-65-63-61-59-57-55-53-51-49-47-45-43-36-34-32-30-28-26-24-22-20-18-16-14-12-10-8-6-4-2)78-110-94-90(108)87(105)92(82(76-99)112-94)115-96-91(109)88(106)93(83(77-100)113-96)114-95-89(107)86(104)85(103)81(75-98)111-95/h71,73,79-83,85-96,98-101,103-109H,3-70,72,74-78H2,1-2H3,(H,97,102)/b73-71+. The lowest BCUT2D eigenvalue weighted by Gasteiger charge is -2.48. The maximum Gasteiger partial charge on any atom is 0.220 e. The summed E-state index contributed by atoms with van der Waals surface area (Å²) < 4.78 is 34.6. The van der Waals surface area contributed by atoms with Crippen LogP contribution >= 0.6 is 0 Å².